The van der Waals surface area contributed by atoms with Gasteiger partial charge in [-0.25, -0.2) is 0 Å². The van der Waals surface area contributed by atoms with Crippen molar-refractivity contribution in [2.45, 2.75) is 31.0 Å². The number of aliphatic hydroxyl groups is 1. The molecular formula is C28H31N3O8. The van der Waals surface area contributed by atoms with E-state index in [0.717, 1.165) is 5.56 Å². The minimum atomic E-state index is -2.75. The predicted molar refractivity (Wildman–Crippen MR) is 136 cm³/mol. The van der Waals surface area contributed by atoms with E-state index in [1.165, 1.54) is 11.0 Å². The molecule has 3 aliphatic rings. The van der Waals surface area contributed by atoms with Crippen molar-refractivity contribution in [3.63, 3.8) is 0 Å². The van der Waals surface area contributed by atoms with Crippen molar-refractivity contribution in [2.75, 3.05) is 28.2 Å². The second-order valence-electron chi connectivity index (χ2n) is 11.3. The topological polar surface area (TPSA) is 171 Å². The highest BCUT2D eigenvalue weighted by atomic mass is 16.3. The zero-order chi connectivity index (χ0) is 28.5. The summed E-state index contributed by atoms with van der Waals surface area (Å²) in [5.74, 6) is -10.2. The number of rotatable bonds is 5. The molecule has 39 heavy (non-hydrogen) atoms. The van der Waals surface area contributed by atoms with E-state index in [4.69, 9.17) is 10.2 Å². The Morgan fingerprint density at radius 1 is 1.10 bits per heavy atom. The van der Waals surface area contributed by atoms with Gasteiger partial charge in [0.2, 0.25) is 5.91 Å². The molecule has 2 saturated carbocycles. The van der Waals surface area contributed by atoms with E-state index in [2.05, 4.69) is 0 Å². The number of Topliss-reactive ketones (excluding diaryl/α,β-unsaturated/α-hetero) is 4. The smallest absolute Gasteiger partial charge is 0.235 e. The molecule has 11 nitrogen and oxygen atoms in total. The number of hydrogen-bond donors (Lipinski definition) is 3. The first kappa shape index (κ1) is 26.9. The number of likely N-dealkylation sites (N-methyl/N-ethyl adjacent to an activating group) is 1. The third-order valence-corrected chi connectivity index (χ3v) is 8.42. The van der Waals surface area contributed by atoms with Crippen molar-refractivity contribution in [3.8, 4) is 17.1 Å². The quantitative estimate of drug-likeness (QED) is 0.447. The molecular weight excluding hydrogens is 506 g/mol. The van der Waals surface area contributed by atoms with E-state index < -0.39 is 64.4 Å². The van der Waals surface area contributed by atoms with Gasteiger partial charge in [-0.1, -0.05) is 0 Å². The fourth-order valence-corrected chi connectivity index (χ4v) is 6.85. The first-order valence-electron chi connectivity index (χ1n) is 12.7. The molecule has 2 aromatic rings. The average Bonchev–Trinajstić information content (AvgIpc) is 3.28. The Hall–Kier alpha value is -3.67. The van der Waals surface area contributed by atoms with Gasteiger partial charge in [0, 0.05) is 23.6 Å². The standard InChI is InChI=1S/C28H31N3O8/c1-30(2)11-12-7-8-39-24(12)14-5-6-17(32)19-15(14)9-13-10-16-21(31(3)4)23(34)20(27(29)37)26(36)28(16,38)25(35)18(13)22(19)33/h5-8,13,16,18,20-21,32,38H,9-11H2,1-4H3,(H2,29,37)/t13-,16-,18?,20?,21-,28-/m0/s1. The van der Waals surface area contributed by atoms with Crippen molar-refractivity contribution in [1.29, 1.82) is 0 Å². The third kappa shape index (κ3) is 3.79. The van der Waals surface area contributed by atoms with E-state index in [-0.39, 0.29) is 24.2 Å². The van der Waals surface area contributed by atoms with Crippen molar-refractivity contribution < 1.29 is 38.6 Å². The molecule has 1 aromatic carbocycles. The summed E-state index contributed by atoms with van der Waals surface area (Å²) >= 11 is 0. The number of ketones is 4. The number of aromatic hydroxyl groups is 1. The third-order valence-electron chi connectivity index (χ3n) is 8.42. The molecule has 3 aliphatic carbocycles. The Kier molecular flexibility index (Phi) is 6.36. The molecule has 5 rings (SSSR count). The van der Waals surface area contributed by atoms with Gasteiger partial charge in [0.25, 0.3) is 0 Å². The lowest BCUT2D eigenvalue weighted by Crippen LogP contribution is -2.74. The van der Waals surface area contributed by atoms with Crippen molar-refractivity contribution in [1.82, 2.24) is 9.80 Å². The number of carbonyl (C=O) groups excluding carboxylic acids is 5. The summed E-state index contributed by atoms with van der Waals surface area (Å²) in [6.07, 6.45) is 1.70. The molecule has 6 atom stereocenters. The Morgan fingerprint density at radius 2 is 1.79 bits per heavy atom. The highest BCUT2D eigenvalue weighted by molar-refractivity contribution is 6.32. The monoisotopic (exact) mass is 537 g/mol. The van der Waals surface area contributed by atoms with Gasteiger partial charge < -0.3 is 25.3 Å². The number of phenolic OH excluding ortho intramolecular Hbond substituents is 1. The lowest BCUT2D eigenvalue weighted by molar-refractivity contribution is -0.181. The number of primary amides is 1. The normalized spacial score (nSPS) is 30.4. The number of hydrogen-bond acceptors (Lipinski definition) is 10. The van der Waals surface area contributed by atoms with Gasteiger partial charge in [0.05, 0.1) is 23.8 Å². The lowest BCUT2D eigenvalue weighted by Gasteiger charge is -2.52. The van der Waals surface area contributed by atoms with Crippen LogP contribution in [0.25, 0.3) is 11.3 Å². The molecule has 0 radical (unpaired) electrons. The number of nitrogens with two attached hydrogens (primary N) is 1. The fourth-order valence-electron chi connectivity index (χ4n) is 6.85. The molecule has 0 spiro atoms. The van der Waals surface area contributed by atoms with E-state index in [9.17, 15) is 34.2 Å². The Morgan fingerprint density at radius 3 is 2.41 bits per heavy atom. The first-order chi connectivity index (χ1) is 18.3. The van der Waals surface area contributed by atoms with E-state index in [1.807, 2.05) is 25.1 Å². The molecule has 2 unspecified atom stereocenters. The van der Waals surface area contributed by atoms with Crippen LogP contribution in [-0.4, -0.2) is 88.9 Å². The summed E-state index contributed by atoms with van der Waals surface area (Å²) in [5, 5.41) is 22.4. The highest BCUT2D eigenvalue weighted by Gasteiger charge is 2.69. The molecule has 206 valence electrons. The van der Waals surface area contributed by atoms with Gasteiger partial charge >= 0.3 is 0 Å². The number of fused-ring (bicyclic) bond motifs is 3. The van der Waals surface area contributed by atoms with Gasteiger partial charge in [-0.3, -0.25) is 28.9 Å². The minimum Gasteiger partial charge on any atom is -0.507 e. The molecule has 1 amide bonds. The van der Waals surface area contributed by atoms with Gasteiger partial charge in [-0.15, -0.1) is 0 Å². The number of amides is 1. The average molecular weight is 538 g/mol. The van der Waals surface area contributed by atoms with Crippen LogP contribution < -0.4 is 5.73 Å². The largest absolute Gasteiger partial charge is 0.507 e. The summed E-state index contributed by atoms with van der Waals surface area (Å²) in [5.41, 5.74) is 4.50. The van der Waals surface area contributed by atoms with E-state index in [0.29, 0.717) is 23.4 Å². The summed E-state index contributed by atoms with van der Waals surface area (Å²) in [7, 11) is 6.91. The molecule has 0 saturated heterocycles. The highest BCUT2D eigenvalue weighted by Crippen LogP contribution is 2.52. The summed E-state index contributed by atoms with van der Waals surface area (Å²) < 4.78 is 5.80. The molecule has 0 aliphatic heterocycles. The maximum Gasteiger partial charge on any atom is 0.235 e. The van der Waals surface area contributed by atoms with E-state index >= 15 is 0 Å². The van der Waals surface area contributed by atoms with Gasteiger partial charge in [0.15, 0.2) is 34.7 Å². The predicted octanol–water partition coefficient (Wildman–Crippen LogP) is 0.189. The number of carbonyl (C=O) groups is 5. The molecule has 1 aromatic heterocycles. The number of benzene rings is 1. The van der Waals surface area contributed by atoms with Gasteiger partial charge in [-0.05, 0) is 70.7 Å². The van der Waals surface area contributed by atoms with Crippen LogP contribution in [0.1, 0.15) is 27.9 Å². The van der Waals surface area contributed by atoms with Crippen LogP contribution >= 0.6 is 0 Å². The Labute approximate surface area is 224 Å². The van der Waals surface area contributed by atoms with Crippen LogP contribution in [0.15, 0.2) is 28.9 Å². The number of nitrogens with zero attached hydrogens (tertiary/aromatic N) is 2. The van der Waals surface area contributed by atoms with Gasteiger partial charge in [-0.2, -0.15) is 0 Å². The molecule has 1 heterocycles. The van der Waals surface area contributed by atoms with Crippen LogP contribution in [0.5, 0.6) is 5.75 Å². The summed E-state index contributed by atoms with van der Waals surface area (Å²) in [6.45, 7) is 0.560. The van der Waals surface area contributed by atoms with Crippen LogP contribution in [0.3, 0.4) is 0 Å². The number of phenols is 1. The summed E-state index contributed by atoms with van der Waals surface area (Å²) in [6, 6.07) is 3.69. The lowest BCUT2D eigenvalue weighted by atomic mass is 9.52. The van der Waals surface area contributed by atoms with Gasteiger partial charge in [0.1, 0.15) is 11.5 Å². The Balaban J connectivity index is 1.65. The van der Waals surface area contributed by atoms with Crippen LogP contribution in [0.2, 0.25) is 0 Å². The Bertz CT molecular complexity index is 1430. The zero-order valence-corrected chi connectivity index (χ0v) is 22.1. The fraction of sp³-hybridized carbons (Fsp3) is 0.464. The maximum atomic E-state index is 13.9. The SMILES string of the molecule is CN(C)Cc1ccoc1-c1ccc(O)c2c1C[C@H]1C[C@H]3[C@H](N(C)C)C(=O)C(C(N)=O)C(=O)[C@@]3(O)C(=O)C1C2=O. The van der Waals surface area contributed by atoms with Crippen LogP contribution in [-0.2, 0) is 32.1 Å². The van der Waals surface area contributed by atoms with Crippen molar-refractivity contribution in [3.05, 3.63) is 41.2 Å². The first-order valence-corrected chi connectivity index (χ1v) is 12.7. The van der Waals surface area contributed by atoms with Crippen molar-refractivity contribution >= 4 is 29.0 Å². The molecule has 11 heteroatoms. The second-order valence-corrected chi connectivity index (χ2v) is 11.3. The second kappa shape index (κ2) is 9.22. The maximum absolute atomic E-state index is 13.9. The van der Waals surface area contributed by atoms with E-state index in [1.54, 1.807) is 26.4 Å². The number of furan rings is 1. The molecule has 0 bridgehead atoms. The molecule has 4 N–H and O–H groups in total. The van der Waals surface area contributed by atoms with Crippen LogP contribution in [0.4, 0.5) is 0 Å². The summed E-state index contributed by atoms with van der Waals surface area (Å²) in [4.78, 5) is 69.9. The zero-order valence-electron chi connectivity index (χ0n) is 22.1. The van der Waals surface area contributed by atoms with Crippen molar-refractivity contribution in [2.24, 2.45) is 29.4 Å². The minimum absolute atomic E-state index is 0.0122. The molecule has 2 fully saturated rings. The van der Waals surface area contributed by atoms with Crippen LogP contribution in [0, 0.1) is 23.7 Å².